The third-order valence-electron chi connectivity index (χ3n) is 3.69. The number of aromatic nitrogens is 2. The van der Waals surface area contributed by atoms with Crippen molar-refractivity contribution in [1.82, 2.24) is 9.97 Å². The van der Waals surface area contributed by atoms with Crippen LogP contribution in [0.4, 0.5) is 5.82 Å². The minimum Gasteiger partial charge on any atom is -0.310 e. The molecule has 1 aliphatic rings. The van der Waals surface area contributed by atoms with E-state index in [4.69, 9.17) is 0 Å². The van der Waals surface area contributed by atoms with Gasteiger partial charge in [0.15, 0.2) is 5.16 Å². The zero-order chi connectivity index (χ0) is 15.7. The average Bonchev–Trinajstić information content (AvgIpc) is 2.47. The van der Waals surface area contributed by atoms with E-state index in [1.807, 2.05) is 38.1 Å². The number of aryl methyl sites for hydroxylation is 1. The Kier molecular flexibility index (Phi) is 4.02. The summed E-state index contributed by atoms with van der Waals surface area (Å²) in [5.41, 5.74) is 2.48. The monoisotopic (exact) mass is 315 g/mol. The molecule has 2 N–H and O–H groups in total. The molecule has 0 bridgehead atoms. The molecule has 0 saturated carbocycles. The molecular formula is C16H17N3O2S. The molecule has 0 spiro atoms. The molecule has 0 saturated heterocycles. The van der Waals surface area contributed by atoms with Gasteiger partial charge in [-0.15, -0.1) is 0 Å². The first-order valence-electron chi connectivity index (χ1n) is 7.22. The second kappa shape index (κ2) is 5.96. The van der Waals surface area contributed by atoms with Crippen molar-refractivity contribution in [2.45, 2.75) is 31.3 Å². The lowest BCUT2D eigenvalue weighted by molar-refractivity contribution is -0.116. The van der Waals surface area contributed by atoms with E-state index in [1.165, 1.54) is 11.8 Å². The number of H-pyrrole nitrogens is 1. The van der Waals surface area contributed by atoms with E-state index in [0.29, 0.717) is 16.5 Å². The largest absolute Gasteiger partial charge is 0.310 e. The van der Waals surface area contributed by atoms with E-state index in [0.717, 1.165) is 16.9 Å². The van der Waals surface area contributed by atoms with Crippen molar-refractivity contribution >= 4 is 23.5 Å². The summed E-state index contributed by atoms with van der Waals surface area (Å²) in [7, 11) is 0. The highest BCUT2D eigenvalue weighted by atomic mass is 32.2. The highest BCUT2D eigenvalue weighted by molar-refractivity contribution is 7.99. The van der Waals surface area contributed by atoms with Gasteiger partial charge in [-0.3, -0.25) is 9.59 Å². The van der Waals surface area contributed by atoms with Crippen molar-refractivity contribution in [1.29, 1.82) is 0 Å². The van der Waals surface area contributed by atoms with Crippen LogP contribution in [0.5, 0.6) is 0 Å². The predicted octanol–water partition coefficient (Wildman–Crippen LogP) is 2.66. The molecule has 2 aromatic rings. The third-order valence-corrected chi connectivity index (χ3v) is 4.45. The third kappa shape index (κ3) is 2.78. The number of hydrogen-bond acceptors (Lipinski definition) is 4. The summed E-state index contributed by atoms with van der Waals surface area (Å²) < 4.78 is 0. The van der Waals surface area contributed by atoms with Gasteiger partial charge in [0, 0.05) is 12.3 Å². The SMILES string of the molecule is CCSc1nc2c(c(=O)[nH]1)[C@@H](c1ccc(C)cc1)CC(=O)N2. The summed E-state index contributed by atoms with van der Waals surface area (Å²) >= 11 is 1.44. The Balaban J connectivity index is 2.11. The zero-order valence-corrected chi connectivity index (χ0v) is 13.3. The number of anilines is 1. The van der Waals surface area contributed by atoms with Gasteiger partial charge in [0.2, 0.25) is 5.91 Å². The summed E-state index contributed by atoms with van der Waals surface area (Å²) in [6.07, 6.45) is 0.265. The molecule has 5 nitrogen and oxygen atoms in total. The molecule has 22 heavy (non-hydrogen) atoms. The van der Waals surface area contributed by atoms with Gasteiger partial charge in [-0.05, 0) is 18.2 Å². The molecule has 6 heteroatoms. The number of thioether (sulfide) groups is 1. The number of benzene rings is 1. The fourth-order valence-corrected chi connectivity index (χ4v) is 3.23. The molecule has 0 unspecified atom stereocenters. The van der Waals surface area contributed by atoms with E-state index in [1.54, 1.807) is 0 Å². The fourth-order valence-electron chi connectivity index (χ4n) is 2.64. The standard InChI is InChI=1S/C16H17N3O2S/c1-3-22-16-18-14-13(15(21)19-16)11(8-12(20)17-14)10-6-4-9(2)5-7-10/h4-7,11H,3,8H2,1-2H3,(H2,17,18,19,20,21)/t11-/m1/s1. The van der Waals surface area contributed by atoms with Crippen LogP contribution in [-0.2, 0) is 4.79 Å². The Morgan fingerprint density at radius 3 is 2.68 bits per heavy atom. The molecule has 0 radical (unpaired) electrons. The lowest BCUT2D eigenvalue weighted by Crippen LogP contribution is -2.31. The van der Waals surface area contributed by atoms with Crippen LogP contribution in [0.25, 0.3) is 0 Å². The molecule has 1 aliphatic heterocycles. The number of amides is 1. The number of aromatic amines is 1. The minimum atomic E-state index is -0.249. The Morgan fingerprint density at radius 2 is 2.00 bits per heavy atom. The number of carbonyl (C=O) groups excluding carboxylic acids is 1. The van der Waals surface area contributed by atoms with E-state index >= 15 is 0 Å². The van der Waals surface area contributed by atoms with Crippen LogP contribution in [0.1, 0.15) is 36.0 Å². The first kappa shape index (κ1) is 14.8. The molecule has 1 aromatic carbocycles. The summed E-state index contributed by atoms with van der Waals surface area (Å²) in [4.78, 5) is 31.6. The summed E-state index contributed by atoms with van der Waals surface area (Å²) in [5.74, 6) is 0.836. The van der Waals surface area contributed by atoms with Gasteiger partial charge >= 0.3 is 0 Å². The van der Waals surface area contributed by atoms with E-state index in [9.17, 15) is 9.59 Å². The lowest BCUT2D eigenvalue weighted by atomic mass is 9.86. The topological polar surface area (TPSA) is 74.8 Å². The van der Waals surface area contributed by atoms with E-state index < -0.39 is 0 Å². The van der Waals surface area contributed by atoms with Crippen LogP contribution >= 0.6 is 11.8 Å². The highest BCUT2D eigenvalue weighted by Gasteiger charge is 2.30. The Bertz CT molecular complexity index is 768. The number of rotatable bonds is 3. The number of nitrogens with one attached hydrogen (secondary N) is 2. The smallest absolute Gasteiger partial charge is 0.257 e. The number of carbonyl (C=O) groups is 1. The number of fused-ring (bicyclic) bond motifs is 1. The van der Waals surface area contributed by atoms with Gasteiger partial charge in [-0.2, -0.15) is 0 Å². The Morgan fingerprint density at radius 1 is 1.27 bits per heavy atom. The number of hydrogen-bond donors (Lipinski definition) is 2. The van der Waals surface area contributed by atoms with Crippen LogP contribution in [0, 0.1) is 6.92 Å². The molecule has 1 aromatic heterocycles. The van der Waals surface area contributed by atoms with Crippen LogP contribution in [-0.4, -0.2) is 21.6 Å². The fraction of sp³-hybridized carbons (Fsp3) is 0.312. The van der Waals surface area contributed by atoms with Gasteiger partial charge in [-0.25, -0.2) is 4.98 Å². The van der Waals surface area contributed by atoms with Crippen LogP contribution < -0.4 is 10.9 Å². The molecule has 3 rings (SSSR count). The maximum atomic E-state index is 12.5. The van der Waals surface area contributed by atoms with Crippen molar-refractivity contribution in [2.24, 2.45) is 0 Å². The first-order chi connectivity index (χ1) is 10.6. The summed E-state index contributed by atoms with van der Waals surface area (Å²) in [6, 6.07) is 7.92. The summed E-state index contributed by atoms with van der Waals surface area (Å²) in [6.45, 7) is 3.99. The minimum absolute atomic E-state index is 0.108. The van der Waals surface area contributed by atoms with Gasteiger partial charge in [-0.1, -0.05) is 48.5 Å². The zero-order valence-electron chi connectivity index (χ0n) is 12.5. The van der Waals surface area contributed by atoms with Crippen LogP contribution in [0.15, 0.2) is 34.2 Å². The molecule has 0 fully saturated rings. The van der Waals surface area contributed by atoms with Crippen molar-refractivity contribution in [3.8, 4) is 0 Å². The van der Waals surface area contributed by atoms with E-state index in [2.05, 4.69) is 15.3 Å². The van der Waals surface area contributed by atoms with Gasteiger partial charge < -0.3 is 10.3 Å². The molecular weight excluding hydrogens is 298 g/mol. The Labute approximate surface area is 132 Å². The van der Waals surface area contributed by atoms with Gasteiger partial charge in [0.05, 0.1) is 5.56 Å². The van der Waals surface area contributed by atoms with Crippen LogP contribution in [0.2, 0.25) is 0 Å². The quantitative estimate of drug-likeness (QED) is 0.674. The summed E-state index contributed by atoms with van der Waals surface area (Å²) in [5, 5.41) is 3.27. The lowest BCUT2D eigenvalue weighted by Gasteiger charge is -2.24. The van der Waals surface area contributed by atoms with E-state index in [-0.39, 0.29) is 23.8 Å². The van der Waals surface area contributed by atoms with Crippen molar-refractivity contribution in [2.75, 3.05) is 11.1 Å². The second-order valence-electron chi connectivity index (χ2n) is 5.28. The van der Waals surface area contributed by atoms with Crippen molar-refractivity contribution < 1.29 is 4.79 Å². The van der Waals surface area contributed by atoms with Gasteiger partial charge in [0.1, 0.15) is 5.82 Å². The molecule has 1 amide bonds. The highest BCUT2D eigenvalue weighted by Crippen LogP contribution is 2.34. The molecule has 2 heterocycles. The number of nitrogens with zero attached hydrogens (tertiary/aromatic N) is 1. The maximum absolute atomic E-state index is 12.5. The normalized spacial score (nSPS) is 17.0. The molecule has 1 atom stereocenters. The Hall–Kier alpha value is -2.08. The first-order valence-corrected chi connectivity index (χ1v) is 8.20. The predicted molar refractivity (Wildman–Crippen MR) is 87.5 cm³/mol. The van der Waals surface area contributed by atoms with Crippen molar-refractivity contribution in [3.63, 3.8) is 0 Å². The van der Waals surface area contributed by atoms with Crippen LogP contribution in [0.3, 0.4) is 0 Å². The van der Waals surface area contributed by atoms with Crippen molar-refractivity contribution in [3.05, 3.63) is 51.3 Å². The average molecular weight is 315 g/mol. The second-order valence-corrected chi connectivity index (χ2v) is 6.53. The maximum Gasteiger partial charge on any atom is 0.257 e. The molecule has 114 valence electrons. The van der Waals surface area contributed by atoms with Gasteiger partial charge in [0.25, 0.3) is 5.56 Å². The molecule has 0 aliphatic carbocycles.